The van der Waals surface area contributed by atoms with E-state index in [1.54, 1.807) is 43.3 Å². The van der Waals surface area contributed by atoms with Gasteiger partial charge in [-0.25, -0.2) is 21.7 Å². The van der Waals surface area contributed by atoms with E-state index in [9.17, 15) is 16.8 Å². The summed E-state index contributed by atoms with van der Waals surface area (Å²) in [5, 5.41) is 3.88. The van der Waals surface area contributed by atoms with Crippen LogP contribution in [0.4, 0.5) is 0 Å². The largest absolute Gasteiger partial charge is 0.251 e. The van der Waals surface area contributed by atoms with Crippen molar-refractivity contribution in [3.63, 3.8) is 0 Å². The van der Waals surface area contributed by atoms with E-state index in [0.717, 1.165) is 6.26 Å². The molecule has 0 spiro atoms. The number of hydrogen-bond acceptors (Lipinski definition) is 5. The summed E-state index contributed by atoms with van der Waals surface area (Å²) in [6, 6.07) is 14.9. The van der Waals surface area contributed by atoms with Gasteiger partial charge in [-0.05, 0) is 30.2 Å². The number of nitrogens with one attached hydrogen (secondary N) is 1. The molecule has 0 amide bonds. The molecule has 2 aromatic rings. The van der Waals surface area contributed by atoms with Crippen molar-refractivity contribution < 1.29 is 16.8 Å². The molecule has 0 bridgehead atoms. The Labute approximate surface area is 142 Å². The number of benzene rings is 2. The predicted octanol–water partition coefficient (Wildman–Crippen LogP) is 1.93. The molecule has 0 atom stereocenters. The second-order valence-electron chi connectivity index (χ2n) is 5.33. The zero-order valence-corrected chi connectivity index (χ0v) is 14.9. The molecule has 24 heavy (non-hydrogen) atoms. The molecule has 0 aromatic heterocycles. The lowest BCUT2D eigenvalue weighted by Gasteiger charge is -2.06. The van der Waals surface area contributed by atoms with Crippen LogP contribution in [0.1, 0.15) is 18.1 Å². The number of sulfonamides is 1. The zero-order chi connectivity index (χ0) is 17.8. The van der Waals surface area contributed by atoms with Crippen LogP contribution in [0.25, 0.3) is 0 Å². The Bertz CT molecular complexity index is 933. The van der Waals surface area contributed by atoms with Crippen molar-refractivity contribution in [1.82, 2.24) is 4.83 Å². The molecular formula is C16H18N2O4S2. The summed E-state index contributed by atoms with van der Waals surface area (Å²) in [4.78, 5) is 2.39. The Morgan fingerprint density at radius 2 is 1.54 bits per heavy atom. The molecule has 0 unspecified atom stereocenters. The second kappa shape index (κ2) is 7.14. The van der Waals surface area contributed by atoms with Crippen LogP contribution in [0.5, 0.6) is 0 Å². The van der Waals surface area contributed by atoms with Gasteiger partial charge in [0.25, 0.3) is 10.0 Å². The van der Waals surface area contributed by atoms with Gasteiger partial charge in [0.05, 0.1) is 16.4 Å². The summed E-state index contributed by atoms with van der Waals surface area (Å²) in [5.74, 6) is -0.169. The highest BCUT2D eigenvalue weighted by molar-refractivity contribution is 7.90. The molecule has 128 valence electrons. The van der Waals surface area contributed by atoms with Gasteiger partial charge >= 0.3 is 0 Å². The van der Waals surface area contributed by atoms with Gasteiger partial charge in [-0.2, -0.15) is 5.10 Å². The van der Waals surface area contributed by atoms with Crippen molar-refractivity contribution in [3.8, 4) is 0 Å². The van der Waals surface area contributed by atoms with Crippen molar-refractivity contribution in [2.45, 2.75) is 17.6 Å². The minimum absolute atomic E-state index is 0.169. The summed E-state index contributed by atoms with van der Waals surface area (Å²) in [6.45, 7) is 1.64. The molecule has 0 aliphatic carbocycles. The molecule has 0 saturated carbocycles. The first-order valence-corrected chi connectivity index (χ1v) is 10.6. The number of hydrogen-bond donors (Lipinski definition) is 1. The lowest BCUT2D eigenvalue weighted by molar-refractivity contribution is 0.583. The lowest BCUT2D eigenvalue weighted by atomic mass is 10.1. The summed E-state index contributed by atoms with van der Waals surface area (Å²) in [6.07, 6.45) is 1.13. The molecular weight excluding hydrogens is 348 g/mol. The van der Waals surface area contributed by atoms with E-state index < -0.39 is 19.9 Å². The molecule has 0 saturated heterocycles. The molecule has 0 radical (unpaired) electrons. The lowest BCUT2D eigenvalue weighted by Crippen LogP contribution is -2.21. The normalized spacial score (nSPS) is 12.8. The third kappa shape index (κ3) is 5.17. The third-order valence-electron chi connectivity index (χ3n) is 3.25. The van der Waals surface area contributed by atoms with Gasteiger partial charge < -0.3 is 0 Å². The Morgan fingerprint density at radius 3 is 2.08 bits per heavy atom. The van der Waals surface area contributed by atoms with E-state index in [4.69, 9.17) is 0 Å². The molecule has 0 aliphatic rings. The van der Waals surface area contributed by atoms with Crippen LogP contribution >= 0.6 is 0 Å². The molecule has 1 N–H and O–H groups in total. The maximum atomic E-state index is 12.0. The van der Waals surface area contributed by atoms with Crippen LogP contribution in [-0.2, 0) is 25.6 Å². The summed E-state index contributed by atoms with van der Waals surface area (Å²) < 4.78 is 46.9. The van der Waals surface area contributed by atoms with Crippen molar-refractivity contribution in [2.24, 2.45) is 5.10 Å². The van der Waals surface area contributed by atoms with Crippen LogP contribution in [0.3, 0.4) is 0 Å². The van der Waals surface area contributed by atoms with Crippen LogP contribution in [0.2, 0.25) is 0 Å². The van der Waals surface area contributed by atoms with Gasteiger partial charge in [-0.1, -0.05) is 42.5 Å². The molecule has 2 aromatic carbocycles. The summed E-state index contributed by atoms with van der Waals surface area (Å²) in [5.41, 5.74) is 1.73. The summed E-state index contributed by atoms with van der Waals surface area (Å²) in [7, 11) is -6.87. The second-order valence-corrected chi connectivity index (χ2v) is 9.05. The van der Waals surface area contributed by atoms with Gasteiger partial charge in [-0.3, -0.25) is 0 Å². The van der Waals surface area contributed by atoms with Crippen molar-refractivity contribution >= 4 is 25.6 Å². The maximum Gasteiger partial charge on any atom is 0.251 e. The quantitative estimate of drug-likeness (QED) is 0.624. The highest BCUT2D eigenvalue weighted by atomic mass is 32.2. The topological polar surface area (TPSA) is 92.7 Å². The first-order valence-electron chi connectivity index (χ1n) is 7.05. The van der Waals surface area contributed by atoms with Gasteiger partial charge in [0.15, 0.2) is 9.84 Å². The average Bonchev–Trinajstić information content (AvgIpc) is 2.52. The fraction of sp³-hybridized carbons (Fsp3) is 0.188. The first-order chi connectivity index (χ1) is 11.2. The zero-order valence-electron chi connectivity index (χ0n) is 13.3. The fourth-order valence-electron chi connectivity index (χ4n) is 1.97. The molecule has 6 nitrogen and oxygen atoms in total. The minimum atomic E-state index is -3.60. The van der Waals surface area contributed by atoms with E-state index in [-0.39, 0.29) is 10.6 Å². The summed E-state index contributed by atoms with van der Waals surface area (Å²) >= 11 is 0. The standard InChI is InChI=1S/C16H18N2O4S2/c1-13(15-8-10-16(11-9-15)23(2,19)20)17-18-24(21,22)12-14-6-4-3-5-7-14/h3-11,18H,12H2,1-2H3. The Balaban J connectivity index is 2.10. The Kier molecular flexibility index (Phi) is 5.40. The molecule has 0 aliphatic heterocycles. The average molecular weight is 366 g/mol. The highest BCUT2D eigenvalue weighted by Crippen LogP contribution is 2.11. The highest BCUT2D eigenvalue weighted by Gasteiger charge is 2.11. The van der Waals surface area contributed by atoms with E-state index >= 15 is 0 Å². The minimum Gasteiger partial charge on any atom is -0.224 e. The van der Waals surface area contributed by atoms with E-state index in [2.05, 4.69) is 9.93 Å². The number of hydrazone groups is 1. The van der Waals surface area contributed by atoms with Crippen molar-refractivity contribution in [1.29, 1.82) is 0 Å². The molecule has 2 rings (SSSR count). The SMILES string of the molecule is CC(=NNS(=O)(=O)Cc1ccccc1)c1ccc(S(C)(=O)=O)cc1. The molecule has 0 fully saturated rings. The first kappa shape index (κ1) is 18.2. The monoisotopic (exact) mass is 366 g/mol. The van der Waals surface area contributed by atoms with Gasteiger partial charge in [-0.15, -0.1) is 0 Å². The van der Waals surface area contributed by atoms with Crippen molar-refractivity contribution in [2.75, 3.05) is 6.26 Å². The van der Waals surface area contributed by atoms with Crippen LogP contribution in [0.15, 0.2) is 64.6 Å². The number of rotatable bonds is 6. The van der Waals surface area contributed by atoms with Crippen LogP contribution < -0.4 is 4.83 Å². The number of nitrogens with zero attached hydrogens (tertiary/aromatic N) is 1. The molecule has 8 heteroatoms. The Hall–Kier alpha value is -2.19. The number of sulfone groups is 1. The van der Waals surface area contributed by atoms with Crippen LogP contribution in [-0.4, -0.2) is 28.8 Å². The Morgan fingerprint density at radius 1 is 0.958 bits per heavy atom. The van der Waals surface area contributed by atoms with Gasteiger partial charge in [0.2, 0.25) is 0 Å². The molecule has 0 heterocycles. The van der Waals surface area contributed by atoms with Gasteiger partial charge in [0, 0.05) is 6.26 Å². The smallest absolute Gasteiger partial charge is 0.224 e. The van der Waals surface area contributed by atoms with E-state index in [1.807, 2.05) is 6.07 Å². The van der Waals surface area contributed by atoms with E-state index in [0.29, 0.717) is 16.8 Å². The van der Waals surface area contributed by atoms with E-state index in [1.165, 1.54) is 12.1 Å². The fourth-order valence-corrected chi connectivity index (χ4v) is 3.57. The maximum absolute atomic E-state index is 12.0. The predicted molar refractivity (Wildman–Crippen MR) is 94.0 cm³/mol. The third-order valence-corrected chi connectivity index (χ3v) is 5.46. The van der Waals surface area contributed by atoms with Gasteiger partial charge in [0.1, 0.15) is 0 Å². The van der Waals surface area contributed by atoms with Crippen molar-refractivity contribution in [3.05, 3.63) is 65.7 Å². The van der Waals surface area contributed by atoms with Crippen LogP contribution in [0, 0.1) is 0 Å².